The van der Waals surface area contributed by atoms with Gasteiger partial charge in [-0.15, -0.1) is 0 Å². The smallest absolute Gasteiger partial charge is 0.161 e. The Labute approximate surface area is 173 Å². The van der Waals surface area contributed by atoms with E-state index in [1.165, 1.54) is 0 Å². The summed E-state index contributed by atoms with van der Waals surface area (Å²) in [6.45, 7) is 0.909. The van der Waals surface area contributed by atoms with Crippen molar-refractivity contribution in [3.8, 4) is 11.5 Å². The van der Waals surface area contributed by atoms with Crippen molar-refractivity contribution in [2.75, 3.05) is 12.4 Å². The summed E-state index contributed by atoms with van der Waals surface area (Å²) >= 11 is 18.3. The van der Waals surface area contributed by atoms with Crippen molar-refractivity contribution >= 4 is 40.5 Å². The highest BCUT2D eigenvalue weighted by Crippen LogP contribution is 2.31. The summed E-state index contributed by atoms with van der Waals surface area (Å²) in [5.74, 6) is 1.28. The molecule has 0 aliphatic heterocycles. The lowest BCUT2D eigenvalue weighted by Gasteiger charge is -2.14. The normalized spacial score (nSPS) is 10.5. The summed E-state index contributed by atoms with van der Waals surface area (Å²) in [5, 5.41) is 5.20. The van der Waals surface area contributed by atoms with Crippen LogP contribution in [0.4, 0.5) is 5.69 Å². The standard InChI is InChI=1S/C21H18Cl3NO2/c1-26-21-11-14(12-25-16-8-6-15(22)7-9-16)5-10-20(21)27-13-17-18(23)3-2-4-19(17)24/h2-11,25H,12-13H2,1H3. The van der Waals surface area contributed by atoms with E-state index >= 15 is 0 Å². The third-order valence-corrected chi connectivity index (χ3v) is 4.96. The van der Waals surface area contributed by atoms with Crippen LogP contribution in [0.2, 0.25) is 15.1 Å². The molecule has 0 aliphatic carbocycles. The van der Waals surface area contributed by atoms with Gasteiger partial charge in [0.05, 0.1) is 7.11 Å². The van der Waals surface area contributed by atoms with E-state index < -0.39 is 0 Å². The number of anilines is 1. The van der Waals surface area contributed by atoms with E-state index in [2.05, 4.69) is 5.32 Å². The van der Waals surface area contributed by atoms with Gasteiger partial charge < -0.3 is 14.8 Å². The molecule has 0 heterocycles. The molecule has 0 saturated heterocycles. The van der Waals surface area contributed by atoms with Crippen molar-refractivity contribution in [3.63, 3.8) is 0 Å². The first-order valence-corrected chi connectivity index (χ1v) is 9.42. The average molecular weight is 423 g/mol. The number of nitrogens with one attached hydrogen (secondary N) is 1. The van der Waals surface area contributed by atoms with Gasteiger partial charge in [-0.25, -0.2) is 0 Å². The molecule has 0 bridgehead atoms. The van der Waals surface area contributed by atoms with E-state index in [0.29, 0.717) is 33.1 Å². The van der Waals surface area contributed by atoms with Crippen LogP contribution in [0, 0.1) is 0 Å². The zero-order chi connectivity index (χ0) is 19.2. The van der Waals surface area contributed by atoms with Crippen molar-refractivity contribution in [3.05, 3.63) is 86.9 Å². The predicted molar refractivity (Wildman–Crippen MR) is 113 cm³/mol. The highest BCUT2D eigenvalue weighted by Gasteiger charge is 2.10. The molecule has 140 valence electrons. The molecular formula is C21H18Cl3NO2. The monoisotopic (exact) mass is 421 g/mol. The Bertz CT molecular complexity index is 894. The molecule has 0 saturated carbocycles. The van der Waals surface area contributed by atoms with Crippen LogP contribution in [0.25, 0.3) is 0 Å². The Kier molecular flexibility index (Phi) is 6.73. The molecule has 3 rings (SSSR count). The lowest BCUT2D eigenvalue weighted by atomic mass is 10.2. The van der Waals surface area contributed by atoms with E-state index in [1.54, 1.807) is 25.3 Å². The topological polar surface area (TPSA) is 30.5 Å². The first-order valence-electron chi connectivity index (χ1n) is 8.29. The molecule has 0 amide bonds. The number of ether oxygens (including phenoxy) is 2. The maximum absolute atomic E-state index is 6.19. The molecule has 0 atom stereocenters. The van der Waals surface area contributed by atoms with Crippen LogP contribution < -0.4 is 14.8 Å². The number of rotatable bonds is 7. The van der Waals surface area contributed by atoms with Crippen LogP contribution in [0.5, 0.6) is 11.5 Å². The second-order valence-corrected chi connectivity index (χ2v) is 7.09. The van der Waals surface area contributed by atoms with Crippen LogP contribution >= 0.6 is 34.8 Å². The lowest BCUT2D eigenvalue weighted by Crippen LogP contribution is -2.02. The average Bonchev–Trinajstić information content (AvgIpc) is 2.67. The van der Waals surface area contributed by atoms with Gasteiger partial charge in [-0.3, -0.25) is 0 Å². The van der Waals surface area contributed by atoms with Gasteiger partial charge in [-0.05, 0) is 54.1 Å². The fourth-order valence-electron chi connectivity index (χ4n) is 2.53. The fraction of sp³-hybridized carbons (Fsp3) is 0.143. The van der Waals surface area contributed by atoms with Crippen LogP contribution in [0.15, 0.2) is 60.7 Å². The van der Waals surface area contributed by atoms with Crippen molar-refractivity contribution in [1.82, 2.24) is 0 Å². The van der Waals surface area contributed by atoms with Crippen LogP contribution in [-0.4, -0.2) is 7.11 Å². The molecule has 3 nitrogen and oxygen atoms in total. The minimum Gasteiger partial charge on any atom is -0.493 e. The molecule has 6 heteroatoms. The number of halogens is 3. The number of hydrogen-bond donors (Lipinski definition) is 1. The van der Waals surface area contributed by atoms with Crippen molar-refractivity contribution < 1.29 is 9.47 Å². The van der Waals surface area contributed by atoms with Crippen molar-refractivity contribution in [1.29, 1.82) is 0 Å². The summed E-state index contributed by atoms with van der Waals surface area (Å²) in [6, 6.07) is 18.7. The fourth-order valence-corrected chi connectivity index (χ4v) is 3.17. The molecule has 0 unspecified atom stereocenters. The van der Waals surface area contributed by atoms with E-state index in [4.69, 9.17) is 44.3 Å². The van der Waals surface area contributed by atoms with E-state index in [1.807, 2.05) is 42.5 Å². The maximum Gasteiger partial charge on any atom is 0.161 e. The second-order valence-electron chi connectivity index (χ2n) is 5.83. The van der Waals surface area contributed by atoms with Gasteiger partial charge in [0.25, 0.3) is 0 Å². The summed E-state index contributed by atoms with van der Waals surface area (Å²) in [4.78, 5) is 0. The van der Waals surface area contributed by atoms with Gasteiger partial charge in [-0.2, -0.15) is 0 Å². The van der Waals surface area contributed by atoms with E-state index in [9.17, 15) is 0 Å². The zero-order valence-electron chi connectivity index (χ0n) is 14.6. The number of benzene rings is 3. The van der Waals surface area contributed by atoms with Crippen LogP contribution in [0.3, 0.4) is 0 Å². The second kappa shape index (κ2) is 9.23. The van der Waals surface area contributed by atoms with Gasteiger partial charge in [0.15, 0.2) is 11.5 Å². The van der Waals surface area contributed by atoms with Crippen molar-refractivity contribution in [2.45, 2.75) is 13.2 Å². The van der Waals surface area contributed by atoms with Gasteiger partial charge in [0.1, 0.15) is 6.61 Å². The van der Waals surface area contributed by atoms with Gasteiger partial charge in [0.2, 0.25) is 0 Å². The summed E-state index contributed by atoms with van der Waals surface area (Å²) in [7, 11) is 1.61. The Hall–Kier alpha value is -2.07. The Morgan fingerprint density at radius 1 is 0.852 bits per heavy atom. The third-order valence-electron chi connectivity index (χ3n) is 4.00. The van der Waals surface area contributed by atoms with Gasteiger partial charge in [-0.1, -0.05) is 46.9 Å². The maximum atomic E-state index is 6.19. The largest absolute Gasteiger partial charge is 0.493 e. The molecule has 0 aromatic heterocycles. The first-order chi connectivity index (χ1) is 13.1. The summed E-state index contributed by atoms with van der Waals surface area (Å²) in [6.07, 6.45) is 0. The summed E-state index contributed by atoms with van der Waals surface area (Å²) in [5.41, 5.74) is 2.80. The zero-order valence-corrected chi connectivity index (χ0v) is 16.9. The summed E-state index contributed by atoms with van der Waals surface area (Å²) < 4.78 is 11.3. The third kappa shape index (κ3) is 5.23. The quantitative estimate of drug-likeness (QED) is 0.452. The van der Waals surface area contributed by atoms with Crippen LogP contribution in [-0.2, 0) is 13.2 Å². The van der Waals surface area contributed by atoms with Gasteiger partial charge >= 0.3 is 0 Å². The molecule has 27 heavy (non-hydrogen) atoms. The lowest BCUT2D eigenvalue weighted by molar-refractivity contribution is 0.284. The highest BCUT2D eigenvalue weighted by atomic mass is 35.5. The van der Waals surface area contributed by atoms with E-state index in [0.717, 1.165) is 16.8 Å². The van der Waals surface area contributed by atoms with Crippen LogP contribution in [0.1, 0.15) is 11.1 Å². The molecule has 0 radical (unpaired) electrons. The van der Waals surface area contributed by atoms with Crippen molar-refractivity contribution in [2.24, 2.45) is 0 Å². The Morgan fingerprint density at radius 3 is 2.22 bits per heavy atom. The SMILES string of the molecule is COc1cc(CNc2ccc(Cl)cc2)ccc1OCc1c(Cl)cccc1Cl. The molecule has 1 N–H and O–H groups in total. The molecule has 0 fully saturated rings. The first kappa shape index (κ1) is 19.7. The Morgan fingerprint density at radius 2 is 1.56 bits per heavy atom. The molecular weight excluding hydrogens is 405 g/mol. The molecule has 0 aliphatic rings. The minimum atomic E-state index is 0.261. The molecule has 0 spiro atoms. The predicted octanol–water partition coefficient (Wildman–Crippen LogP) is 6.85. The van der Waals surface area contributed by atoms with Gasteiger partial charge in [0, 0.05) is 32.9 Å². The highest BCUT2D eigenvalue weighted by molar-refractivity contribution is 6.35. The van der Waals surface area contributed by atoms with E-state index in [-0.39, 0.29) is 6.61 Å². The number of hydrogen-bond acceptors (Lipinski definition) is 3. The Balaban J connectivity index is 1.67. The number of methoxy groups -OCH3 is 1. The molecule has 3 aromatic carbocycles. The minimum absolute atomic E-state index is 0.261. The molecule has 3 aromatic rings.